The number of amides is 1. The molecule has 23 heavy (non-hydrogen) atoms. The summed E-state index contributed by atoms with van der Waals surface area (Å²) >= 11 is 6.05. The number of ether oxygens (including phenoxy) is 1. The zero-order chi connectivity index (χ0) is 16.8. The molecular formula is C18H21ClN2O2. The highest BCUT2D eigenvalue weighted by Crippen LogP contribution is 2.27. The molecule has 0 saturated carbocycles. The van der Waals surface area contributed by atoms with Crippen LogP contribution in [0.1, 0.15) is 38.7 Å². The van der Waals surface area contributed by atoms with E-state index in [9.17, 15) is 4.79 Å². The van der Waals surface area contributed by atoms with Crippen LogP contribution in [0.4, 0.5) is 5.69 Å². The van der Waals surface area contributed by atoms with E-state index >= 15 is 0 Å². The monoisotopic (exact) mass is 332 g/mol. The van der Waals surface area contributed by atoms with Crippen molar-refractivity contribution in [3.8, 4) is 5.75 Å². The zero-order valence-electron chi connectivity index (χ0n) is 13.5. The Kier molecular flexibility index (Phi) is 5.99. The summed E-state index contributed by atoms with van der Waals surface area (Å²) in [5, 5.41) is 3.22. The first kappa shape index (κ1) is 17.3. The van der Waals surface area contributed by atoms with Gasteiger partial charge < -0.3 is 10.1 Å². The molecular weight excluding hydrogens is 312 g/mol. The molecule has 1 N–H and O–H groups in total. The van der Waals surface area contributed by atoms with Crippen molar-refractivity contribution in [2.45, 2.75) is 39.2 Å². The van der Waals surface area contributed by atoms with E-state index in [1.165, 1.54) is 6.20 Å². The van der Waals surface area contributed by atoms with Crippen molar-refractivity contribution in [3.63, 3.8) is 0 Å². The molecule has 0 bridgehead atoms. The first-order valence-electron chi connectivity index (χ1n) is 7.68. The molecule has 122 valence electrons. The van der Waals surface area contributed by atoms with Gasteiger partial charge in [0.05, 0.1) is 16.9 Å². The van der Waals surface area contributed by atoms with Gasteiger partial charge in [-0.15, -0.1) is 0 Å². The van der Waals surface area contributed by atoms with Crippen LogP contribution < -0.4 is 10.1 Å². The third-order valence-corrected chi connectivity index (χ3v) is 3.83. The number of carbonyl (C=O) groups excluding carboxylic acids is 1. The van der Waals surface area contributed by atoms with E-state index in [2.05, 4.69) is 24.1 Å². The van der Waals surface area contributed by atoms with E-state index in [1.54, 1.807) is 12.3 Å². The van der Waals surface area contributed by atoms with Gasteiger partial charge in [0.25, 0.3) is 5.91 Å². The number of para-hydroxylation sites is 1. The first-order chi connectivity index (χ1) is 11.0. The summed E-state index contributed by atoms with van der Waals surface area (Å²) in [6, 6.07) is 9.42. The van der Waals surface area contributed by atoms with Gasteiger partial charge >= 0.3 is 0 Å². The molecule has 0 unspecified atom stereocenters. The van der Waals surface area contributed by atoms with Crippen LogP contribution in [0.3, 0.4) is 0 Å². The normalized spacial score (nSPS) is 12.0. The minimum Gasteiger partial charge on any atom is -0.480 e. The average Bonchev–Trinajstić information content (AvgIpc) is 2.54. The second kappa shape index (κ2) is 7.97. The molecule has 0 aliphatic carbocycles. The minimum atomic E-state index is -0.592. The maximum atomic E-state index is 12.5. The lowest BCUT2D eigenvalue weighted by Gasteiger charge is -2.20. The summed E-state index contributed by atoms with van der Waals surface area (Å²) in [6.45, 7) is 6.10. The van der Waals surface area contributed by atoms with E-state index in [-0.39, 0.29) is 5.91 Å². The molecule has 0 aliphatic rings. The molecule has 2 aromatic rings. The second-order valence-electron chi connectivity index (χ2n) is 5.55. The molecule has 1 heterocycles. The van der Waals surface area contributed by atoms with Gasteiger partial charge in [0.1, 0.15) is 5.75 Å². The number of nitrogens with one attached hydrogen (secondary N) is 1. The Hall–Kier alpha value is -2.07. The van der Waals surface area contributed by atoms with Crippen LogP contribution in [-0.2, 0) is 4.79 Å². The largest absolute Gasteiger partial charge is 0.480 e. The highest BCUT2D eigenvalue weighted by Gasteiger charge is 2.21. The van der Waals surface area contributed by atoms with Crippen molar-refractivity contribution >= 4 is 23.2 Å². The lowest BCUT2D eigenvalue weighted by molar-refractivity contribution is -0.122. The first-order valence-corrected chi connectivity index (χ1v) is 8.06. The SMILES string of the molecule is CC[C@H](Oc1ccccc1C(C)C)C(=O)Nc1cnccc1Cl. The van der Waals surface area contributed by atoms with Gasteiger partial charge in [0, 0.05) is 6.20 Å². The lowest BCUT2D eigenvalue weighted by atomic mass is 10.0. The summed E-state index contributed by atoms with van der Waals surface area (Å²) in [6.07, 6.45) is 3.06. The maximum absolute atomic E-state index is 12.5. The maximum Gasteiger partial charge on any atom is 0.265 e. The smallest absolute Gasteiger partial charge is 0.265 e. The third kappa shape index (κ3) is 4.45. The fraction of sp³-hybridized carbons (Fsp3) is 0.333. The zero-order valence-corrected chi connectivity index (χ0v) is 14.3. The van der Waals surface area contributed by atoms with Crippen LogP contribution in [-0.4, -0.2) is 17.0 Å². The molecule has 5 heteroatoms. The van der Waals surface area contributed by atoms with Crippen LogP contribution in [0.2, 0.25) is 5.02 Å². The molecule has 1 atom stereocenters. The number of pyridine rings is 1. The van der Waals surface area contributed by atoms with Gasteiger partial charge in [-0.3, -0.25) is 9.78 Å². The predicted molar refractivity (Wildman–Crippen MR) is 93.1 cm³/mol. The summed E-state index contributed by atoms with van der Waals surface area (Å²) in [4.78, 5) is 16.4. The van der Waals surface area contributed by atoms with Crippen molar-refractivity contribution in [1.82, 2.24) is 4.98 Å². The molecule has 2 rings (SSSR count). The molecule has 1 aromatic heterocycles. The molecule has 0 radical (unpaired) electrons. The Morgan fingerprint density at radius 2 is 2.04 bits per heavy atom. The highest BCUT2D eigenvalue weighted by molar-refractivity contribution is 6.33. The Labute approximate surface area is 141 Å². The number of anilines is 1. The van der Waals surface area contributed by atoms with Gasteiger partial charge in [-0.25, -0.2) is 0 Å². The Morgan fingerprint density at radius 3 is 2.70 bits per heavy atom. The molecule has 0 aliphatic heterocycles. The molecule has 1 aromatic carbocycles. The van der Waals surface area contributed by atoms with E-state index in [0.29, 0.717) is 23.0 Å². The Bertz CT molecular complexity index is 674. The number of benzene rings is 1. The van der Waals surface area contributed by atoms with Gasteiger partial charge in [0.15, 0.2) is 6.10 Å². The van der Waals surface area contributed by atoms with E-state index < -0.39 is 6.10 Å². The molecule has 0 spiro atoms. The van der Waals surface area contributed by atoms with Crippen molar-refractivity contribution in [2.75, 3.05) is 5.32 Å². The van der Waals surface area contributed by atoms with E-state index in [0.717, 1.165) is 11.3 Å². The summed E-state index contributed by atoms with van der Waals surface area (Å²) in [5.74, 6) is 0.822. The van der Waals surface area contributed by atoms with Gasteiger partial charge in [-0.1, -0.05) is 50.6 Å². The Morgan fingerprint density at radius 1 is 1.30 bits per heavy atom. The number of rotatable bonds is 6. The highest BCUT2D eigenvalue weighted by atomic mass is 35.5. The second-order valence-corrected chi connectivity index (χ2v) is 5.96. The lowest BCUT2D eigenvalue weighted by Crippen LogP contribution is -2.32. The number of carbonyl (C=O) groups is 1. The minimum absolute atomic E-state index is 0.235. The van der Waals surface area contributed by atoms with Gasteiger partial charge in [0.2, 0.25) is 0 Å². The summed E-state index contributed by atoms with van der Waals surface area (Å²) < 4.78 is 5.95. The third-order valence-electron chi connectivity index (χ3n) is 3.50. The number of hydrogen-bond acceptors (Lipinski definition) is 3. The van der Waals surface area contributed by atoms with E-state index in [1.807, 2.05) is 31.2 Å². The number of hydrogen-bond donors (Lipinski definition) is 1. The standard InChI is InChI=1S/C18H21ClN2O2/c1-4-16(18(22)21-15-11-20-10-9-14(15)19)23-17-8-6-5-7-13(17)12(2)3/h5-12,16H,4H2,1-3H3,(H,21,22)/t16-/m0/s1. The molecule has 1 amide bonds. The molecule has 0 saturated heterocycles. The summed E-state index contributed by atoms with van der Waals surface area (Å²) in [7, 11) is 0. The number of halogens is 1. The molecule has 0 fully saturated rings. The van der Waals surface area contributed by atoms with Crippen molar-refractivity contribution in [3.05, 3.63) is 53.3 Å². The molecule has 4 nitrogen and oxygen atoms in total. The Balaban J connectivity index is 2.14. The van der Waals surface area contributed by atoms with Gasteiger partial charge in [-0.2, -0.15) is 0 Å². The van der Waals surface area contributed by atoms with Crippen molar-refractivity contribution in [2.24, 2.45) is 0 Å². The van der Waals surface area contributed by atoms with Crippen molar-refractivity contribution < 1.29 is 9.53 Å². The average molecular weight is 333 g/mol. The quantitative estimate of drug-likeness (QED) is 0.837. The predicted octanol–water partition coefficient (Wildman–Crippen LogP) is 4.65. The van der Waals surface area contributed by atoms with Crippen LogP contribution in [0.25, 0.3) is 0 Å². The van der Waals surface area contributed by atoms with Crippen LogP contribution in [0.15, 0.2) is 42.7 Å². The number of nitrogens with zero attached hydrogens (tertiary/aromatic N) is 1. The van der Waals surface area contributed by atoms with Gasteiger partial charge in [-0.05, 0) is 30.0 Å². The number of aromatic nitrogens is 1. The van der Waals surface area contributed by atoms with Crippen LogP contribution in [0, 0.1) is 0 Å². The van der Waals surface area contributed by atoms with Crippen molar-refractivity contribution in [1.29, 1.82) is 0 Å². The topological polar surface area (TPSA) is 51.2 Å². The fourth-order valence-corrected chi connectivity index (χ4v) is 2.38. The van der Waals surface area contributed by atoms with Crippen LogP contribution in [0.5, 0.6) is 5.75 Å². The van der Waals surface area contributed by atoms with Crippen LogP contribution >= 0.6 is 11.6 Å². The van der Waals surface area contributed by atoms with E-state index in [4.69, 9.17) is 16.3 Å². The fourth-order valence-electron chi connectivity index (χ4n) is 2.22. The summed E-state index contributed by atoms with van der Waals surface area (Å²) in [5.41, 5.74) is 1.57.